The Morgan fingerprint density at radius 2 is 2.06 bits per heavy atom. The summed E-state index contributed by atoms with van der Waals surface area (Å²) in [5.41, 5.74) is 1.03. The number of amides is 1. The quantitative estimate of drug-likeness (QED) is 0.636. The van der Waals surface area contributed by atoms with Crippen LogP contribution in [0.1, 0.15) is 28.9 Å². The van der Waals surface area contributed by atoms with Gasteiger partial charge in [-0.3, -0.25) is 14.5 Å². The second-order valence-corrected chi connectivity index (χ2v) is 8.42. The van der Waals surface area contributed by atoms with Crippen molar-refractivity contribution in [1.82, 2.24) is 14.8 Å². The molecular weight excluding hydrogens is 433 g/mol. The molecule has 1 saturated heterocycles. The summed E-state index contributed by atoms with van der Waals surface area (Å²) in [5.74, 6) is -0.812. The maximum absolute atomic E-state index is 14.8. The molecule has 168 valence electrons. The molecule has 1 aliphatic rings. The van der Waals surface area contributed by atoms with Gasteiger partial charge in [-0.1, -0.05) is 35.9 Å². The molecule has 0 bridgehead atoms. The SMILES string of the molecule is CC1CN(C(CNC(=O)c2cc(=O)n(C)c3ccccc23)c2c(F)cccc2Cl)CCO1. The Labute approximate surface area is 190 Å². The molecule has 2 unspecified atom stereocenters. The van der Waals surface area contributed by atoms with Crippen LogP contribution in [0.2, 0.25) is 5.02 Å². The number of halogens is 2. The number of hydrogen-bond acceptors (Lipinski definition) is 4. The van der Waals surface area contributed by atoms with Gasteiger partial charge in [0.15, 0.2) is 0 Å². The number of ether oxygens (including phenoxy) is 1. The second kappa shape index (κ2) is 9.40. The van der Waals surface area contributed by atoms with E-state index in [9.17, 15) is 14.0 Å². The number of nitrogens with one attached hydrogen (secondary N) is 1. The Kier molecular flexibility index (Phi) is 6.60. The normalized spacial score (nSPS) is 17.9. The highest BCUT2D eigenvalue weighted by atomic mass is 35.5. The fraction of sp³-hybridized carbons (Fsp3) is 0.333. The van der Waals surface area contributed by atoms with Crippen molar-refractivity contribution in [1.29, 1.82) is 0 Å². The number of hydrogen-bond donors (Lipinski definition) is 1. The van der Waals surface area contributed by atoms with Crippen molar-refractivity contribution in [2.45, 2.75) is 19.1 Å². The molecule has 3 aromatic rings. The predicted octanol–water partition coefficient (Wildman–Crippen LogP) is 3.52. The Morgan fingerprint density at radius 1 is 1.28 bits per heavy atom. The monoisotopic (exact) mass is 457 g/mol. The average Bonchev–Trinajstić information content (AvgIpc) is 2.78. The summed E-state index contributed by atoms with van der Waals surface area (Å²) < 4.78 is 21.9. The van der Waals surface area contributed by atoms with Crippen molar-refractivity contribution < 1.29 is 13.9 Å². The number of nitrogens with zero attached hydrogens (tertiary/aromatic N) is 2. The summed E-state index contributed by atoms with van der Waals surface area (Å²) in [6.45, 7) is 3.77. The van der Waals surface area contributed by atoms with Gasteiger partial charge in [-0.25, -0.2) is 4.39 Å². The highest BCUT2D eigenvalue weighted by Gasteiger charge is 2.30. The minimum Gasteiger partial charge on any atom is -0.376 e. The van der Waals surface area contributed by atoms with E-state index in [0.29, 0.717) is 41.2 Å². The number of aryl methyl sites for hydroxylation is 1. The standard InChI is InChI=1S/C24H25ClFN3O3/c1-15-14-29(10-11-32-15)21(23-18(25)7-5-8-19(23)26)13-27-24(31)17-12-22(30)28(2)20-9-4-3-6-16(17)20/h3-9,12,15,21H,10-11,13-14H2,1-2H3,(H,27,31). The number of para-hydroxylation sites is 1. The van der Waals surface area contributed by atoms with E-state index in [4.69, 9.17) is 16.3 Å². The maximum atomic E-state index is 14.8. The first-order valence-electron chi connectivity index (χ1n) is 10.5. The van der Waals surface area contributed by atoms with Crippen LogP contribution in [0.5, 0.6) is 0 Å². The Balaban J connectivity index is 1.66. The minimum atomic E-state index is -0.475. The largest absolute Gasteiger partial charge is 0.376 e. The van der Waals surface area contributed by atoms with E-state index < -0.39 is 17.8 Å². The van der Waals surface area contributed by atoms with Gasteiger partial charge in [-0.15, -0.1) is 0 Å². The van der Waals surface area contributed by atoms with Crippen molar-refractivity contribution in [3.63, 3.8) is 0 Å². The molecule has 4 rings (SSSR count). The first kappa shape index (κ1) is 22.5. The number of carbonyl (C=O) groups excluding carboxylic acids is 1. The van der Waals surface area contributed by atoms with E-state index in [1.807, 2.05) is 19.1 Å². The topological polar surface area (TPSA) is 63.6 Å². The lowest BCUT2D eigenvalue weighted by Crippen LogP contribution is -2.47. The fourth-order valence-electron chi connectivity index (χ4n) is 4.25. The van der Waals surface area contributed by atoms with Gasteiger partial charge >= 0.3 is 0 Å². The number of rotatable bonds is 5. The third-order valence-electron chi connectivity index (χ3n) is 5.90. The van der Waals surface area contributed by atoms with Gasteiger partial charge in [0, 0.05) is 48.7 Å². The lowest BCUT2D eigenvalue weighted by molar-refractivity contribution is -0.0346. The van der Waals surface area contributed by atoms with Crippen molar-refractivity contribution in [2.75, 3.05) is 26.2 Å². The van der Waals surface area contributed by atoms with E-state index in [-0.39, 0.29) is 23.8 Å². The highest BCUT2D eigenvalue weighted by molar-refractivity contribution is 6.31. The van der Waals surface area contributed by atoms with Gasteiger partial charge in [0.05, 0.1) is 29.8 Å². The molecule has 1 N–H and O–H groups in total. The molecule has 1 aromatic heterocycles. The number of fused-ring (bicyclic) bond motifs is 1. The minimum absolute atomic E-state index is 0.0198. The average molecular weight is 458 g/mol. The van der Waals surface area contributed by atoms with Gasteiger partial charge in [0.25, 0.3) is 11.5 Å². The number of benzene rings is 2. The summed E-state index contributed by atoms with van der Waals surface area (Å²) >= 11 is 6.37. The van der Waals surface area contributed by atoms with E-state index >= 15 is 0 Å². The van der Waals surface area contributed by atoms with Crippen LogP contribution in [0.4, 0.5) is 4.39 Å². The lowest BCUT2D eigenvalue weighted by Gasteiger charge is -2.38. The second-order valence-electron chi connectivity index (χ2n) is 8.01. The lowest BCUT2D eigenvalue weighted by atomic mass is 10.0. The van der Waals surface area contributed by atoms with Crippen LogP contribution >= 0.6 is 11.6 Å². The van der Waals surface area contributed by atoms with Crippen LogP contribution in [0.3, 0.4) is 0 Å². The number of morpholine rings is 1. The predicted molar refractivity (Wildman–Crippen MR) is 123 cm³/mol. The third kappa shape index (κ3) is 4.41. The summed E-state index contributed by atoms with van der Waals surface area (Å²) in [5, 5.41) is 3.89. The van der Waals surface area contributed by atoms with Crippen LogP contribution in [-0.2, 0) is 11.8 Å². The van der Waals surface area contributed by atoms with Crippen LogP contribution < -0.4 is 10.9 Å². The summed E-state index contributed by atoms with van der Waals surface area (Å²) in [6, 6.07) is 12.7. The Bertz CT molecular complexity index is 1190. The molecule has 0 aliphatic carbocycles. The van der Waals surface area contributed by atoms with Gasteiger partial charge in [0.1, 0.15) is 5.82 Å². The zero-order valence-corrected chi connectivity index (χ0v) is 18.7. The van der Waals surface area contributed by atoms with Crippen molar-refractivity contribution >= 4 is 28.4 Å². The molecule has 1 fully saturated rings. The highest BCUT2D eigenvalue weighted by Crippen LogP contribution is 2.31. The molecule has 2 aromatic carbocycles. The van der Waals surface area contributed by atoms with Crippen LogP contribution in [0, 0.1) is 5.82 Å². The Hall–Kier alpha value is -2.74. The summed E-state index contributed by atoms with van der Waals surface area (Å²) in [4.78, 5) is 27.6. The molecule has 8 heteroatoms. The molecule has 2 atom stereocenters. The van der Waals surface area contributed by atoms with Crippen LogP contribution in [0.25, 0.3) is 10.9 Å². The number of aromatic nitrogens is 1. The van der Waals surface area contributed by atoms with E-state index in [1.165, 1.54) is 16.7 Å². The molecule has 1 amide bonds. The van der Waals surface area contributed by atoms with E-state index in [0.717, 1.165) is 0 Å². The maximum Gasteiger partial charge on any atom is 0.252 e. The molecular formula is C24H25ClFN3O3. The zero-order chi connectivity index (χ0) is 22.8. The molecule has 1 aliphatic heterocycles. The van der Waals surface area contributed by atoms with Gasteiger partial charge in [-0.05, 0) is 25.1 Å². The Morgan fingerprint density at radius 3 is 2.81 bits per heavy atom. The van der Waals surface area contributed by atoms with Gasteiger partial charge in [-0.2, -0.15) is 0 Å². The molecule has 0 spiro atoms. The smallest absolute Gasteiger partial charge is 0.252 e. The van der Waals surface area contributed by atoms with Crippen molar-refractivity contribution in [2.24, 2.45) is 7.05 Å². The van der Waals surface area contributed by atoms with E-state index in [2.05, 4.69) is 10.2 Å². The summed E-state index contributed by atoms with van der Waals surface area (Å²) in [7, 11) is 1.67. The first-order chi connectivity index (χ1) is 15.4. The molecule has 0 radical (unpaired) electrons. The van der Waals surface area contributed by atoms with Crippen LogP contribution in [0.15, 0.2) is 53.3 Å². The molecule has 2 heterocycles. The number of pyridine rings is 1. The summed E-state index contributed by atoms with van der Waals surface area (Å²) in [6.07, 6.45) is -0.0198. The zero-order valence-electron chi connectivity index (χ0n) is 18.0. The fourth-order valence-corrected chi connectivity index (χ4v) is 4.54. The van der Waals surface area contributed by atoms with E-state index in [1.54, 1.807) is 31.3 Å². The third-order valence-corrected chi connectivity index (χ3v) is 6.23. The van der Waals surface area contributed by atoms with Crippen molar-refractivity contribution in [3.05, 3.63) is 80.9 Å². The van der Waals surface area contributed by atoms with Crippen molar-refractivity contribution in [3.8, 4) is 0 Å². The molecule has 32 heavy (non-hydrogen) atoms. The molecule has 0 saturated carbocycles. The van der Waals surface area contributed by atoms with Gasteiger partial charge in [0.2, 0.25) is 0 Å². The van der Waals surface area contributed by atoms with Crippen LogP contribution in [-0.4, -0.2) is 47.7 Å². The first-order valence-corrected chi connectivity index (χ1v) is 10.9. The molecule has 6 nitrogen and oxygen atoms in total. The number of carbonyl (C=O) groups is 1. The van der Waals surface area contributed by atoms with Gasteiger partial charge < -0.3 is 14.6 Å².